The smallest absolute Gasteiger partial charge is 0.223 e. The summed E-state index contributed by atoms with van der Waals surface area (Å²) in [5.74, 6) is 1.23. The van der Waals surface area contributed by atoms with E-state index in [4.69, 9.17) is 0 Å². The predicted octanol–water partition coefficient (Wildman–Crippen LogP) is 3.19. The molecule has 0 unspecified atom stereocenters. The fourth-order valence-corrected chi connectivity index (χ4v) is 3.18. The Labute approximate surface area is 149 Å². The van der Waals surface area contributed by atoms with Gasteiger partial charge in [-0.1, -0.05) is 29.8 Å². The van der Waals surface area contributed by atoms with Crippen LogP contribution in [0.2, 0.25) is 0 Å². The summed E-state index contributed by atoms with van der Waals surface area (Å²) in [4.78, 5) is 23.3. The number of rotatable bonds is 4. The first-order valence-corrected chi connectivity index (χ1v) is 8.97. The molecule has 1 aliphatic heterocycles. The van der Waals surface area contributed by atoms with Gasteiger partial charge >= 0.3 is 0 Å². The maximum atomic E-state index is 12.2. The topological polar surface area (TPSA) is 58.1 Å². The van der Waals surface area contributed by atoms with Crippen molar-refractivity contribution in [1.82, 2.24) is 15.3 Å². The Balaban J connectivity index is 1.67. The summed E-state index contributed by atoms with van der Waals surface area (Å²) in [6.45, 7) is 7.77. The summed E-state index contributed by atoms with van der Waals surface area (Å²) >= 11 is 0. The molecule has 25 heavy (non-hydrogen) atoms. The Morgan fingerprint density at radius 1 is 1.16 bits per heavy atom. The Hall–Kier alpha value is -2.43. The van der Waals surface area contributed by atoms with Crippen LogP contribution in [-0.4, -0.2) is 35.0 Å². The van der Waals surface area contributed by atoms with E-state index in [1.165, 1.54) is 5.56 Å². The van der Waals surface area contributed by atoms with Gasteiger partial charge < -0.3 is 10.2 Å². The van der Waals surface area contributed by atoms with Gasteiger partial charge in [0.25, 0.3) is 0 Å². The molecule has 5 nitrogen and oxygen atoms in total. The van der Waals surface area contributed by atoms with Gasteiger partial charge in [-0.2, -0.15) is 0 Å². The molecule has 0 atom stereocenters. The van der Waals surface area contributed by atoms with Gasteiger partial charge in [0.15, 0.2) is 0 Å². The molecule has 1 N–H and O–H groups in total. The largest absolute Gasteiger partial charge is 0.356 e. The van der Waals surface area contributed by atoms with Crippen molar-refractivity contribution in [1.29, 1.82) is 0 Å². The highest BCUT2D eigenvalue weighted by molar-refractivity contribution is 5.79. The fraction of sp³-hybridized carbons (Fsp3) is 0.450. The van der Waals surface area contributed by atoms with E-state index in [1.807, 2.05) is 19.9 Å². The van der Waals surface area contributed by atoms with Gasteiger partial charge in [-0.25, -0.2) is 9.97 Å². The van der Waals surface area contributed by atoms with Crippen LogP contribution in [0, 0.1) is 12.8 Å². The summed E-state index contributed by atoms with van der Waals surface area (Å²) < 4.78 is 0. The van der Waals surface area contributed by atoms with E-state index in [0.717, 1.165) is 43.0 Å². The van der Waals surface area contributed by atoms with Crippen LogP contribution >= 0.6 is 0 Å². The van der Waals surface area contributed by atoms with E-state index in [-0.39, 0.29) is 17.9 Å². The number of benzene rings is 1. The highest BCUT2D eigenvalue weighted by Crippen LogP contribution is 2.25. The van der Waals surface area contributed by atoms with Crippen molar-refractivity contribution in [3.8, 4) is 11.3 Å². The molecule has 1 aliphatic rings. The van der Waals surface area contributed by atoms with Crippen molar-refractivity contribution >= 4 is 11.7 Å². The monoisotopic (exact) mass is 338 g/mol. The zero-order chi connectivity index (χ0) is 17.8. The molecule has 1 aromatic carbocycles. The molecule has 1 saturated heterocycles. The second kappa shape index (κ2) is 7.64. The third-order valence-corrected chi connectivity index (χ3v) is 4.62. The van der Waals surface area contributed by atoms with Crippen molar-refractivity contribution in [3.63, 3.8) is 0 Å². The molecule has 0 spiro atoms. The van der Waals surface area contributed by atoms with Gasteiger partial charge in [0, 0.05) is 36.7 Å². The van der Waals surface area contributed by atoms with Crippen LogP contribution in [0.15, 0.2) is 36.7 Å². The molecule has 2 aromatic rings. The van der Waals surface area contributed by atoms with Gasteiger partial charge in [0.1, 0.15) is 12.1 Å². The van der Waals surface area contributed by atoms with Crippen LogP contribution in [0.4, 0.5) is 5.82 Å². The van der Waals surface area contributed by atoms with Gasteiger partial charge in [-0.05, 0) is 33.6 Å². The minimum absolute atomic E-state index is 0.108. The molecule has 0 bridgehead atoms. The molecule has 1 aromatic heterocycles. The van der Waals surface area contributed by atoms with E-state index in [9.17, 15) is 4.79 Å². The zero-order valence-electron chi connectivity index (χ0n) is 15.2. The first kappa shape index (κ1) is 17.4. The summed E-state index contributed by atoms with van der Waals surface area (Å²) in [6, 6.07) is 10.6. The zero-order valence-corrected chi connectivity index (χ0v) is 15.2. The van der Waals surface area contributed by atoms with E-state index < -0.39 is 0 Å². The van der Waals surface area contributed by atoms with Crippen molar-refractivity contribution in [2.45, 2.75) is 39.7 Å². The van der Waals surface area contributed by atoms with Crippen LogP contribution in [0.3, 0.4) is 0 Å². The number of carbonyl (C=O) groups excluding carboxylic acids is 1. The van der Waals surface area contributed by atoms with Crippen LogP contribution in [0.5, 0.6) is 0 Å². The molecular weight excluding hydrogens is 312 g/mol. The SMILES string of the molecule is Cc1ccc(-c2cc(N3CCC(C(=O)NC(C)C)CC3)ncn2)cc1. The molecular formula is C20H26N4O. The molecule has 0 aliphatic carbocycles. The Morgan fingerprint density at radius 2 is 1.84 bits per heavy atom. The van der Waals surface area contributed by atoms with Crippen molar-refractivity contribution < 1.29 is 4.79 Å². The van der Waals surface area contributed by atoms with Crippen LogP contribution in [0.1, 0.15) is 32.3 Å². The van der Waals surface area contributed by atoms with Gasteiger partial charge in [-0.15, -0.1) is 0 Å². The van der Waals surface area contributed by atoms with Crippen molar-refractivity contribution in [2.24, 2.45) is 5.92 Å². The summed E-state index contributed by atoms with van der Waals surface area (Å²) in [5.41, 5.74) is 3.27. The molecule has 5 heteroatoms. The van der Waals surface area contributed by atoms with Gasteiger partial charge in [0.05, 0.1) is 5.69 Å². The van der Waals surface area contributed by atoms with E-state index in [0.29, 0.717) is 0 Å². The number of nitrogens with one attached hydrogen (secondary N) is 1. The fourth-order valence-electron chi connectivity index (χ4n) is 3.18. The Kier molecular flexibility index (Phi) is 5.31. The molecule has 132 valence electrons. The number of nitrogens with zero attached hydrogens (tertiary/aromatic N) is 3. The lowest BCUT2D eigenvalue weighted by Crippen LogP contribution is -2.42. The van der Waals surface area contributed by atoms with E-state index >= 15 is 0 Å². The summed E-state index contributed by atoms with van der Waals surface area (Å²) in [7, 11) is 0. The minimum atomic E-state index is 0.108. The predicted molar refractivity (Wildman–Crippen MR) is 100 cm³/mol. The number of piperidine rings is 1. The lowest BCUT2D eigenvalue weighted by atomic mass is 9.95. The first-order chi connectivity index (χ1) is 12.0. The third-order valence-electron chi connectivity index (χ3n) is 4.62. The highest BCUT2D eigenvalue weighted by atomic mass is 16.1. The maximum Gasteiger partial charge on any atom is 0.223 e. The van der Waals surface area contributed by atoms with Crippen LogP contribution in [-0.2, 0) is 4.79 Å². The normalized spacial score (nSPS) is 15.4. The average Bonchev–Trinajstić information content (AvgIpc) is 2.62. The van der Waals surface area contributed by atoms with Crippen molar-refractivity contribution in [3.05, 3.63) is 42.2 Å². The van der Waals surface area contributed by atoms with E-state index in [2.05, 4.69) is 51.4 Å². The molecule has 2 heterocycles. The van der Waals surface area contributed by atoms with Crippen molar-refractivity contribution in [2.75, 3.05) is 18.0 Å². The minimum Gasteiger partial charge on any atom is -0.356 e. The molecule has 0 saturated carbocycles. The molecule has 0 radical (unpaired) electrons. The summed E-state index contributed by atoms with van der Waals surface area (Å²) in [6.07, 6.45) is 3.35. The number of aryl methyl sites for hydroxylation is 1. The molecule has 3 rings (SSSR count). The number of anilines is 1. The Morgan fingerprint density at radius 3 is 2.48 bits per heavy atom. The highest BCUT2D eigenvalue weighted by Gasteiger charge is 2.26. The number of carbonyl (C=O) groups is 1. The van der Waals surface area contributed by atoms with Gasteiger partial charge in [-0.3, -0.25) is 4.79 Å². The Bertz CT molecular complexity index is 719. The van der Waals surface area contributed by atoms with Gasteiger partial charge in [0.2, 0.25) is 5.91 Å². The van der Waals surface area contributed by atoms with E-state index in [1.54, 1.807) is 6.33 Å². The standard InChI is InChI=1S/C20H26N4O/c1-14(2)23-20(25)17-8-10-24(11-9-17)19-12-18(21-13-22-19)16-6-4-15(3)5-7-16/h4-7,12-14,17H,8-11H2,1-3H3,(H,23,25). The third kappa shape index (κ3) is 4.35. The van der Waals surface area contributed by atoms with Crippen LogP contribution < -0.4 is 10.2 Å². The number of hydrogen-bond donors (Lipinski definition) is 1. The number of hydrogen-bond acceptors (Lipinski definition) is 4. The second-order valence-electron chi connectivity index (χ2n) is 7.05. The summed E-state index contributed by atoms with van der Waals surface area (Å²) in [5, 5.41) is 3.02. The lowest BCUT2D eigenvalue weighted by molar-refractivity contribution is -0.126. The first-order valence-electron chi connectivity index (χ1n) is 8.97. The maximum absolute atomic E-state index is 12.2. The second-order valence-corrected chi connectivity index (χ2v) is 7.05. The number of amides is 1. The quantitative estimate of drug-likeness (QED) is 0.930. The molecule has 1 fully saturated rings. The van der Waals surface area contributed by atoms with Crippen LogP contribution in [0.25, 0.3) is 11.3 Å². The molecule has 1 amide bonds. The lowest BCUT2D eigenvalue weighted by Gasteiger charge is -2.32. The average molecular weight is 338 g/mol. The number of aromatic nitrogens is 2.